The third-order valence-electron chi connectivity index (χ3n) is 2.17. The van der Waals surface area contributed by atoms with E-state index in [-0.39, 0.29) is 0 Å². The molecule has 0 aromatic carbocycles. The van der Waals surface area contributed by atoms with Gasteiger partial charge in [-0.15, -0.1) is 11.3 Å². The quantitative estimate of drug-likeness (QED) is 0.808. The maximum Gasteiger partial charge on any atom is 0.0931 e. The summed E-state index contributed by atoms with van der Waals surface area (Å²) < 4.78 is 0.868. The van der Waals surface area contributed by atoms with Gasteiger partial charge in [0.25, 0.3) is 0 Å². The summed E-state index contributed by atoms with van der Waals surface area (Å²) in [6.07, 6.45) is 1.16. The van der Waals surface area contributed by atoms with Crippen LogP contribution in [-0.2, 0) is 0 Å². The fourth-order valence-electron chi connectivity index (χ4n) is 1.19. The molecule has 13 heavy (non-hydrogen) atoms. The van der Waals surface area contributed by atoms with E-state index < -0.39 is 0 Å². The van der Waals surface area contributed by atoms with Gasteiger partial charge in [0.1, 0.15) is 0 Å². The highest BCUT2D eigenvalue weighted by Crippen LogP contribution is 2.26. The molecule has 0 amide bonds. The fraction of sp³-hybridized carbons (Fsp3) is 0.600. The highest BCUT2D eigenvalue weighted by molar-refractivity contribution is 7.16. The van der Waals surface area contributed by atoms with Gasteiger partial charge in [-0.2, -0.15) is 0 Å². The molecule has 3 heteroatoms. The Morgan fingerprint density at radius 2 is 2.15 bits per heavy atom. The molecule has 0 saturated carbocycles. The zero-order chi connectivity index (χ0) is 9.84. The Bertz CT molecular complexity index is 259. The van der Waals surface area contributed by atoms with Gasteiger partial charge >= 0.3 is 0 Å². The topological polar surface area (TPSA) is 12.0 Å². The fourth-order valence-corrected chi connectivity index (χ4v) is 2.26. The third kappa shape index (κ3) is 3.29. The molecule has 0 saturated heterocycles. The molecule has 0 spiro atoms. The molecule has 0 aliphatic heterocycles. The van der Waals surface area contributed by atoms with E-state index in [0.717, 1.165) is 10.8 Å². The summed E-state index contributed by atoms with van der Waals surface area (Å²) in [5, 5.41) is 3.51. The van der Waals surface area contributed by atoms with E-state index in [1.165, 1.54) is 4.88 Å². The van der Waals surface area contributed by atoms with Crippen LogP contribution in [0.15, 0.2) is 12.1 Å². The van der Waals surface area contributed by atoms with E-state index >= 15 is 0 Å². The van der Waals surface area contributed by atoms with Crippen molar-refractivity contribution in [1.29, 1.82) is 0 Å². The van der Waals surface area contributed by atoms with Gasteiger partial charge in [-0.3, -0.25) is 0 Å². The van der Waals surface area contributed by atoms with E-state index in [9.17, 15) is 0 Å². The van der Waals surface area contributed by atoms with E-state index in [1.54, 1.807) is 11.3 Å². The lowest BCUT2D eigenvalue weighted by atomic mass is 10.2. The van der Waals surface area contributed by atoms with Crippen LogP contribution in [0.1, 0.15) is 38.1 Å². The molecule has 0 radical (unpaired) electrons. The third-order valence-corrected chi connectivity index (χ3v) is 3.58. The lowest BCUT2D eigenvalue weighted by molar-refractivity contribution is 0.474. The predicted octanol–water partition coefficient (Wildman–Crippen LogP) is 3.85. The van der Waals surface area contributed by atoms with Crippen LogP contribution >= 0.6 is 22.9 Å². The van der Waals surface area contributed by atoms with Crippen molar-refractivity contribution in [2.24, 2.45) is 0 Å². The molecule has 0 aliphatic carbocycles. The SMILES string of the molecule is CCC(C)NC(C)c1ccc(Cl)s1. The molecule has 0 bridgehead atoms. The van der Waals surface area contributed by atoms with Gasteiger partial charge in [-0.05, 0) is 32.4 Å². The average Bonchev–Trinajstić information content (AvgIpc) is 2.51. The molecule has 2 unspecified atom stereocenters. The van der Waals surface area contributed by atoms with Gasteiger partial charge in [0.15, 0.2) is 0 Å². The van der Waals surface area contributed by atoms with Crippen LogP contribution in [0.5, 0.6) is 0 Å². The standard InChI is InChI=1S/C10H16ClNS/c1-4-7(2)12-8(3)9-5-6-10(11)13-9/h5-8,12H,4H2,1-3H3. The number of hydrogen-bond donors (Lipinski definition) is 1. The molecular formula is C10H16ClNS. The molecule has 2 atom stereocenters. The number of thiophene rings is 1. The second kappa shape index (κ2) is 4.99. The summed E-state index contributed by atoms with van der Waals surface area (Å²) >= 11 is 7.52. The summed E-state index contributed by atoms with van der Waals surface area (Å²) in [5.74, 6) is 0. The van der Waals surface area contributed by atoms with Gasteiger partial charge in [0.2, 0.25) is 0 Å². The lowest BCUT2D eigenvalue weighted by Gasteiger charge is -2.17. The molecule has 1 aromatic rings. The molecule has 0 fully saturated rings. The Hall–Kier alpha value is -0.0500. The van der Waals surface area contributed by atoms with Crippen molar-refractivity contribution in [3.05, 3.63) is 21.3 Å². The average molecular weight is 218 g/mol. The Kier molecular flexibility index (Phi) is 4.23. The van der Waals surface area contributed by atoms with Crippen LogP contribution in [0.3, 0.4) is 0 Å². The normalized spacial score (nSPS) is 15.7. The molecule has 0 aliphatic rings. The van der Waals surface area contributed by atoms with Crippen molar-refractivity contribution < 1.29 is 0 Å². The summed E-state index contributed by atoms with van der Waals surface area (Å²) in [7, 11) is 0. The first-order valence-electron chi connectivity index (χ1n) is 4.64. The van der Waals surface area contributed by atoms with Crippen molar-refractivity contribution >= 4 is 22.9 Å². The van der Waals surface area contributed by atoms with Crippen LogP contribution in [-0.4, -0.2) is 6.04 Å². The Morgan fingerprint density at radius 3 is 2.62 bits per heavy atom. The minimum Gasteiger partial charge on any atom is -0.307 e. The van der Waals surface area contributed by atoms with Crippen LogP contribution < -0.4 is 5.32 Å². The minimum absolute atomic E-state index is 0.410. The highest BCUT2D eigenvalue weighted by Gasteiger charge is 2.09. The first kappa shape index (κ1) is 11.0. The number of hydrogen-bond acceptors (Lipinski definition) is 2. The van der Waals surface area contributed by atoms with Crippen molar-refractivity contribution in [2.75, 3.05) is 0 Å². The number of rotatable bonds is 4. The van der Waals surface area contributed by atoms with Crippen LogP contribution in [0.25, 0.3) is 0 Å². The zero-order valence-corrected chi connectivity index (χ0v) is 9.88. The summed E-state index contributed by atoms with van der Waals surface area (Å²) in [4.78, 5) is 1.31. The minimum atomic E-state index is 0.410. The molecule has 1 rings (SSSR count). The predicted molar refractivity (Wildman–Crippen MR) is 60.6 cm³/mol. The zero-order valence-electron chi connectivity index (χ0n) is 8.30. The summed E-state index contributed by atoms with van der Waals surface area (Å²) in [6.45, 7) is 6.56. The molecule has 1 heterocycles. The lowest BCUT2D eigenvalue weighted by Crippen LogP contribution is -2.27. The van der Waals surface area contributed by atoms with Crippen molar-refractivity contribution in [3.8, 4) is 0 Å². The van der Waals surface area contributed by atoms with Gasteiger partial charge in [-0.1, -0.05) is 18.5 Å². The maximum atomic E-state index is 5.87. The second-order valence-corrected chi connectivity index (χ2v) is 5.09. The van der Waals surface area contributed by atoms with Gasteiger partial charge in [0, 0.05) is 17.0 Å². The Labute approximate surface area is 89.1 Å². The molecule has 1 N–H and O–H groups in total. The Balaban J connectivity index is 2.53. The molecule has 74 valence electrons. The number of nitrogens with one attached hydrogen (secondary N) is 1. The van der Waals surface area contributed by atoms with Crippen LogP contribution in [0.4, 0.5) is 0 Å². The van der Waals surface area contributed by atoms with E-state index in [1.807, 2.05) is 6.07 Å². The second-order valence-electron chi connectivity index (χ2n) is 3.34. The van der Waals surface area contributed by atoms with E-state index in [4.69, 9.17) is 11.6 Å². The van der Waals surface area contributed by atoms with Crippen molar-refractivity contribution in [1.82, 2.24) is 5.32 Å². The smallest absolute Gasteiger partial charge is 0.0931 e. The molecule has 1 aromatic heterocycles. The van der Waals surface area contributed by atoms with E-state index in [2.05, 4.69) is 32.2 Å². The van der Waals surface area contributed by atoms with Gasteiger partial charge in [-0.25, -0.2) is 0 Å². The Morgan fingerprint density at radius 1 is 1.46 bits per heavy atom. The summed E-state index contributed by atoms with van der Waals surface area (Å²) in [5.41, 5.74) is 0. The first-order valence-corrected chi connectivity index (χ1v) is 5.84. The van der Waals surface area contributed by atoms with Gasteiger partial charge < -0.3 is 5.32 Å². The van der Waals surface area contributed by atoms with Gasteiger partial charge in [0.05, 0.1) is 4.34 Å². The van der Waals surface area contributed by atoms with E-state index in [0.29, 0.717) is 12.1 Å². The molecular weight excluding hydrogens is 202 g/mol. The maximum absolute atomic E-state index is 5.87. The summed E-state index contributed by atoms with van der Waals surface area (Å²) in [6, 6.07) is 5.02. The largest absolute Gasteiger partial charge is 0.307 e. The van der Waals surface area contributed by atoms with Crippen LogP contribution in [0.2, 0.25) is 4.34 Å². The van der Waals surface area contributed by atoms with Crippen molar-refractivity contribution in [3.63, 3.8) is 0 Å². The monoisotopic (exact) mass is 217 g/mol. The number of halogens is 1. The van der Waals surface area contributed by atoms with Crippen molar-refractivity contribution in [2.45, 2.75) is 39.3 Å². The van der Waals surface area contributed by atoms with Crippen LogP contribution in [0, 0.1) is 0 Å². The first-order chi connectivity index (χ1) is 6.13. The highest BCUT2D eigenvalue weighted by atomic mass is 35.5. The molecule has 1 nitrogen and oxygen atoms in total.